The molecule has 2 nitrogen and oxygen atoms in total. The van der Waals surface area contributed by atoms with E-state index in [1.54, 1.807) is 6.08 Å². The van der Waals surface area contributed by atoms with Crippen LogP contribution in [0.2, 0.25) is 0 Å². The molecular weight excluding hydrogens is 186 g/mol. The Balaban J connectivity index is 2.64. The van der Waals surface area contributed by atoms with Crippen LogP contribution in [0.3, 0.4) is 0 Å². The molecule has 0 aromatic heterocycles. The van der Waals surface area contributed by atoms with E-state index in [1.165, 1.54) is 11.6 Å². The van der Waals surface area contributed by atoms with Crippen molar-refractivity contribution in [3.63, 3.8) is 0 Å². The van der Waals surface area contributed by atoms with Gasteiger partial charge in [-0.05, 0) is 32.4 Å². The summed E-state index contributed by atoms with van der Waals surface area (Å²) in [5, 5.41) is 2.89. The van der Waals surface area contributed by atoms with Crippen molar-refractivity contribution < 1.29 is 4.79 Å². The van der Waals surface area contributed by atoms with Gasteiger partial charge in [-0.3, -0.25) is 4.79 Å². The average molecular weight is 203 g/mol. The van der Waals surface area contributed by atoms with Crippen molar-refractivity contribution in [1.29, 1.82) is 0 Å². The fourth-order valence-corrected chi connectivity index (χ4v) is 1.35. The van der Waals surface area contributed by atoms with Gasteiger partial charge in [-0.1, -0.05) is 35.9 Å². The molecule has 2 heteroatoms. The third-order valence-electron chi connectivity index (χ3n) is 2.25. The van der Waals surface area contributed by atoms with Crippen molar-refractivity contribution in [2.75, 3.05) is 0 Å². The van der Waals surface area contributed by atoms with Gasteiger partial charge in [0.2, 0.25) is 5.91 Å². The number of amides is 1. The Morgan fingerprint density at radius 3 is 2.47 bits per heavy atom. The molecule has 1 aromatic rings. The molecule has 1 N–H and O–H groups in total. The molecular formula is C13H17NO. The highest BCUT2D eigenvalue weighted by atomic mass is 16.1. The molecule has 0 spiro atoms. The second kappa shape index (κ2) is 5.35. The maximum Gasteiger partial charge on any atom is 0.244 e. The number of nitrogens with one attached hydrogen (secondary N) is 1. The monoisotopic (exact) mass is 203 g/mol. The normalized spacial score (nSPS) is 12.7. The van der Waals surface area contributed by atoms with Crippen LogP contribution in [-0.2, 0) is 4.79 Å². The SMILES string of the molecule is C/C=C/C(=O)N[C@H](C)c1ccc(C)cc1. The van der Waals surface area contributed by atoms with Gasteiger partial charge in [0.1, 0.15) is 0 Å². The van der Waals surface area contributed by atoms with Crippen LogP contribution < -0.4 is 5.32 Å². The summed E-state index contributed by atoms with van der Waals surface area (Å²) in [6, 6.07) is 8.22. The summed E-state index contributed by atoms with van der Waals surface area (Å²) >= 11 is 0. The van der Waals surface area contributed by atoms with Gasteiger partial charge in [0.05, 0.1) is 6.04 Å². The molecule has 1 aromatic carbocycles. The van der Waals surface area contributed by atoms with Gasteiger partial charge in [0, 0.05) is 0 Å². The van der Waals surface area contributed by atoms with E-state index in [0.29, 0.717) is 0 Å². The molecule has 0 saturated carbocycles. The number of rotatable bonds is 3. The van der Waals surface area contributed by atoms with Crippen molar-refractivity contribution in [3.05, 3.63) is 47.5 Å². The Kier molecular flexibility index (Phi) is 4.10. The molecule has 0 fully saturated rings. The van der Waals surface area contributed by atoms with Crippen LogP contribution in [-0.4, -0.2) is 5.91 Å². The fraction of sp³-hybridized carbons (Fsp3) is 0.308. The molecule has 0 aliphatic carbocycles. The van der Waals surface area contributed by atoms with E-state index in [-0.39, 0.29) is 11.9 Å². The summed E-state index contributed by atoms with van der Waals surface area (Å²) in [6.45, 7) is 5.86. The number of benzene rings is 1. The first-order chi connectivity index (χ1) is 7.13. The van der Waals surface area contributed by atoms with Crippen LogP contribution in [0.1, 0.15) is 31.0 Å². The summed E-state index contributed by atoms with van der Waals surface area (Å²) in [6.07, 6.45) is 3.27. The van der Waals surface area contributed by atoms with Crippen molar-refractivity contribution in [1.82, 2.24) is 5.32 Å². The zero-order valence-corrected chi connectivity index (χ0v) is 9.45. The van der Waals surface area contributed by atoms with Gasteiger partial charge in [-0.15, -0.1) is 0 Å². The van der Waals surface area contributed by atoms with E-state index in [9.17, 15) is 4.79 Å². The Morgan fingerprint density at radius 1 is 1.33 bits per heavy atom. The first-order valence-electron chi connectivity index (χ1n) is 5.13. The Labute approximate surface area is 91.0 Å². The number of allylic oxidation sites excluding steroid dienone is 1. The zero-order chi connectivity index (χ0) is 11.3. The Hall–Kier alpha value is -1.57. The second-order valence-electron chi connectivity index (χ2n) is 3.64. The molecule has 0 aliphatic heterocycles. The molecule has 1 rings (SSSR count). The first-order valence-corrected chi connectivity index (χ1v) is 5.13. The number of carbonyl (C=O) groups excluding carboxylic acids is 1. The van der Waals surface area contributed by atoms with Gasteiger partial charge in [0.25, 0.3) is 0 Å². The van der Waals surface area contributed by atoms with Crippen molar-refractivity contribution in [3.8, 4) is 0 Å². The molecule has 0 aliphatic rings. The van der Waals surface area contributed by atoms with E-state index in [2.05, 4.69) is 5.32 Å². The van der Waals surface area contributed by atoms with Crippen LogP contribution in [0.15, 0.2) is 36.4 Å². The van der Waals surface area contributed by atoms with Gasteiger partial charge < -0.3 is 5.32 Å². The zero-order valence-electron chi connectivity index (χ0n) is 9.45. The summed E-state index contributed by atoms with van der Waals surface area (Å²) in [4.78, 5) is 11.3. The minimum Gasteiger partial charge on any atom is -0.346 e. The highest BCUT2D eigenvalue weighted by molar-refractivity contribution is 5.87. The van der Waals surface area contributed by atoms with Crippen LogP contribution >= 0.6 is 0 Å². The van der Waals surface area contributed by atoms with Crippen molar-refractivity contribution >= 4 is 5.91 Å². The molecule has 0 unspecified atom stereocenters. The lowest BCUT2D eigenvalue weighted by Crippen LogP contribution is -2.24. The quantitative estimate of drug-likeness (QED) is 0.752. The fourth-order valence-electron chi connectivity index (χ4n) is 1.35. The summed E-state index contributed by atoms with van der Waals surface area (Å²) < 4.78 is 0. The van der Waals surface area contributed by atoms with E-state index < -0.39 is 0 Å². The minimum absolute atomic E-state index is 0.0503. The molecule has 0 radical (unpaired) electrons. The van der Waals surface area contributed by atoms with Crippen LogP contribution in [0.5, 0.6) is 0 Å². The third-order valence-corrected chi connectivity index (χ3v) is 2.25. The van der Waals surface area contributed by atoms with Crippen LogP contribution in [0.4, 0.5) is 0 Å². The molecule has 80 valence electrons. The Bertz CT molecular complexity index is 351. The highest BCUT2D eigenvalue weighted by Gasteiger charge is 2.06. The molecule has 1 amide bonds. The van der Waals surface area contributed by atoms with Crippen LogP contribution in [0.25, 0.3) is 0 Å². The molecule has 0 heterocycles. The molecule has 0 saturated heterocycles. The van der Waals surface area contributed by atoms with Crippen molar-refractivity contribution in [2.24, 2.45) is 0 Å². The third kappa shape index (κ3) is 3.58. The van der Waals surface area contributed by atoms with Crippen molar-refractivity contribution in [2.45, 2.75) is 26.8 Å². The molecule has 15 heavy (non-hydrogen) atoms. The summed E-state index contributed by atoms with van der Waals surface area (Å²) in [5.74, 6) is -0.0504. The standard InChI is InChI=1S/C13H17NO/c1-4-5-13(15)14-11(3)12-8-6-10(2)7-9-12/h4-9,11H,1-3H3,(H,14,15)/b5-4+/t11-/m1/s1. The molecule has 1 atom stereocenters. The number of hydrogen-bond donors (Lipinski definition) is 1. The Morgan fingerprint density at radius 2 is 1.93 bits per heavy atom. The van der Waals surface area contributed by atoms with Gasteiger partial charge >= 0.3 is 0 Å². The van der Waals surface area contributed by atoms with Crippen LogP contribution in [0, 0.1) is 6.92 Å². The topological polar surface area (TPSA) is 29.1 Å². The first kappa shape index (κ1) is 11.5. The van der Waals surface area contributed by atoms with E-state index in [0.717, 1.165) is 5.56 Å². The van der Waals surface area contributed by atoms with E-state index >= 15 is 0 Å². The number of carbonyl (C=O) groups is 1. The lowest BCUT2D eigenvalue weighted by atomic mass is 10.1. The lowest BCUT2D eigenvalue weighted by Gasteiger charge is -2.12. The van der Waals surface area contributed by atoms with Gasteiger partial charge in [0.15, 0.2) is 0 Å². The predicted molar refractivity (Wildman–Crippen MR) is 62.6 cm³/mol. The predicted octanol–water partition coefficient (Wildman–Crippen LogP) is 2.75. The summed E-state index contributed by atoms with van der Waals surface area (Å²) in [5.41, 5.74) is 2.35. The minimum atomic E-state index is -0.0504. The number of aryl methyl sites for hydroxylation is 1. The average Bonchev–Trinajstić information content (AvgIpc) is 2.18. The van der Waals surface area contributed by atoms with E-state index in [1.807, 2.05) is 45.0 Å². The maximum atomic E-state index is 11.3. The highest BCUT2D eigenvalue weighted by Crippen LogP contribution is 2.12. The molecule has 0 bridgehead atoms. The smallest absolute Gasteiger partial charge is 0.244 e. The lowest BCUT2D eigenvalue weighted by molar-refractivity contribution is -0.117. The maximum absolute atomic E-state index is 11.3. The van der Waals surface area contributed by atoms with Gasteiger partial charge in [-0.2, -0.15) is 0 Å². The second-order valence-corrected chi connectivity index (χ2v) is 3.64. The van der Waals surface area contributed by atoms with Gasteiger partial charge in [-0.25, -0.2) is 0 Å². The largest absolute Gasteiger partial charge is 0.346 e. The van der Waals surface area contributed by atoms with E-state index in [4.69, 9.17) is 0 Å². The summed E-state index contributed by atoms with van der Waals surface area (Å²) in [7, 11) is 0. The number of hydrogen-bond acceptors (Lipinski definition) is 1.